The van der Waals surface area contributed by atoms with Gasteiger partial charge in [-0.05, 0) is 31.9 Å². The van der Waals surface area contributed by atoms with E-state index in [0.29, 0.717) is 23.4 Å². The highest BCUT2D eigenvalue weighted by Crippen LogP contribution is 2.20. The van der Waals surface area contributed by atoms with Crippen molar-refractivity contribution in [1.82, 2.24) is 19.8 Å². The van der Waals surface area contributed by atoms with Crippen molar-refractivity contribution in [2.75, 3.05) is 20.1 Å². The lowest BCUT2D eigenvalue weighted by Crippen LogP contribution is -2.39. The molecule has 0 saturated heterocycles. The number of benzene rings is 1. The number of carbonyl (C=O) groups is 1. The van der Waals surface area contributed by atoms with E-state index in [4.69, 9.17) is 0 Å². The molecular formula is C16H21FN4O3S. The van der Waals surface area contributed by atoms with Gasteiger partial charge in [0.2, 0.25) is 15.9 Å². The number of rotatable bonds is 7. The van der Waals surface area contributed by atoms with Crippen molar-refractivity contribution in [1.29, 1.82) is 0 Å². The summed E-state index contributed by atoms with van der Waals surface area (Å²) >= 11 is 0. The first-order valence-electron chi connectivity index (χ1n) is 7.71. The first kappa shape index (κ1) is 19.1. The van der Waals surface area contributed by atoms with Crippen molar-refractivity contribution in [3.63, 3.8) is 0 Å². The van der Waals surface area contributed by atoms with Gasteiger partial charge in [0.05, 0.1) is 17.9 Å². The van der Waals surface area contributed by atoms with E-state index in [1.54, 1.807) is 32.0 Å². The van der Waals surface area contributed by atoms with Gasteiger partial charge in [0.1, 0.15) is 10.7 Å². The summed E-state index contributed by atoms with van der Waals surface area (Å²) < 4.78 is 39.6. The van der Waals surface area contributed by atoms with Gasteiger partial charge in [0, 0.05) is 13.6 Å². The van der Waals surface area contributed by atoms with Gasteiger partial charge in [-0.3, -0.25) is 9.89 Å². The van der Waals surface area contributed by atoms with E-state index in [-0.39, 0.29) is 23.8 Å². The summed E-state index contributed by atoms with van der Waals surface area (Å²) in [5, 5.41) is 9.09. The number of hydrogen-bond acceptors (Lipinski definition) is 4. The number of nitrogens with zero attached hydrogens (tertiary/aromatic N) is 2. The molecule has 0 aliphatic carbocycles. The van der Waals surface area contributed by atoms with E-state index in [9.17, 15) is 17.6 Å². The third-order valence-electron chi connectivity index (χ3n) is 3.77. The number of aromatic amines is 1. The van der Waals surface area contributed by atoms with E-state index in [0.717, 1.165) is 4.31 Å². The Kier molecular flexibility index (Phi) is 5.91. The minimum Gasteiger partial charge on any atom is -0.355 e. The lowest BCUT2D eigenvalue weighted by molar-refractivity contribution is -0.121. The Labute approximate surface area is 146 Å². The van der Waals surface area contributed by atoms with Gasteiger partial charge in [-0.2, -0.15) is 9.40 Å². The zero-order valence-electron chi connectivity index (χ0n) is 14.3. The zero-order valence-corrected chi connectivity index (χ0v) is 15.2. The first-order valence-corrected chi connectivity index (χ1v) is 9.15. The standard InChI is InChI=1S/C16H21FN4O3S/c1-11-16(12(2)20-19-11)25(23,24)21(3)10-15(22)18-9-8-13-6-4-5-7-14(13)17/h4-7H,8-10H2,1-3H3,(H,18,22)(H,19,20). The summed E-state index contributed by atoms with van der Waals surface area (Å²) in [5.41, 5.74) is 1.27. The van der Waals surface area contributed by atoms with Crippen LogP contribution in [0.5, 0.6) is 0 Å². The Morgan fingerprint density at radius 2 is 2.00 bits per heavy atom. The lowest BCUT2D eigenvalue weighted by atomic mass is 10.1. The predicted octanol–water partition coefficient (Wildman–Crippen LogP) is 1.15. The quantitative estimate of drug-likeness (QED) is 0.766. The maximum Gasteiger partial charge on any atom is 0.246 e. The van der Waals surface area contributed by atoms with Gasteiger partial charge in [-0.15, -0.1) is 0 Å². The molecule has 136 valence electrons. The molecule has 1 aromatic carbocycles. The molecule has 0 radical (unpaired) electrons. The van der Waals surface area contributed by atoms with Crippen LogP contribution < -0.4 is 5.32 Å². The molecule has 0 saturated carbocycles. The maximum atomic E-state index is 13.5. The van der Waals surface area contributed by atoms with Gasteiger partial charge in [-0.25, -0.2) is 12.8 Å². The average molecular weight is 368 g/mol. The number of carbonyl (C=O) groups excluding carboxylic acids is 1. The largest absolute Gasteiger partial charge is 0.355 e. The number of aromatic nitrogens is 2. The molecule has 0 unspecified atom stereocenters. The van der Waals surface area contributed by atoms with Crippen LogP contribution in [-0.4, -0.2) is 49.0 Å². The molecule has 0 fully saturated rings. The Balaban J connectivity index is 1.93. The molecule has 1 aromatic heterocycles. The first-order chi connectivity index (χ1) is 11.7. The molecule has 0 aliphatic heterocycles. The molecule has 2 rings (SSSR count). The Morgan fingerprint density at radius 3 is 2.60 bits per heavy atom. The fourth-order valence-corrected chi connectivity index (χ4v) is 3.91. The van der Waals surface area contributed by atoms with Gasteiger partial charge < -0.3 is 5.32 Å². The van der Waals surface area contributed by atoms with Crippen molar-refractivity contribution in [2.45, 2.75) is 25.2 Å². The van der Waals surface area contributed by atoms with Crippen LogP contribution in [0.3, 0.4) is 0 Å². The Bertz CT molecular complexity index is 845. The molecule has 2 N–H and O–H groups in total. The van der Waals surface area contributed by atoms with Crippen molar-refractivity contribution in [3.8, 4) is 0 Å². The summed E-state index contributed by atoms with van der Waals surface area (Å²) in [7, 11) is -2.49. The van der Waals surface area contributed by atoms with E-state index < -0.39 is 15.9 Å². The van der Waals surface area contributed by atoms with E-state index in [1.165, 1.54) is 13.1 Å². The molecule has 25 heavy (non-hydrogen) atoms. The molecule has 0 bridgehead atoms. The number of likely N-dealkylation sites (N-methyl/N-ethyl adjacent to an activating group) is 1. The number of nitrogens with one attached hydrogen (secondary N) is 2. The fraction of sp³-hybridized carbons (Fsp3) is 0.375. The van der Waals surface area contributed by atoms with Crippen molar-refractivity contribution in [3.05, 3.63) is 47.0 Å². The molecular weight excluding hydrogens is 347 g/mol. The average Bonchev–Trinajstić information content (AvgIpc) is 2.88. The summed E-state index contributed by atoms with van der Waals surface area (Å²) in [4.78, 5) is 12.1. The highest BCUT2D eigenvalue weighted by Gasteiger charge is 2.28. The van der Waals surface area contributed by atoms with Crippen LogP contribution in [0.25, 0.3) is 0 Å². The number of H-pyrrole nitrogens is 1. The highest BCUT2D eigenvalue weighted by molar-refractivity contribution is 7.89. The smallest absolute Gasteiger partial charge is 0.246 e. The maximum absolute atomic E-state index is 13.5. The highest BCUT2D eigenvalue weighted by atomic mass is 32.2. The van der Waals surface area contributed by atoms with Crippen molar-refractivity contribution in [2.24, 2.45) is 0 Å². The fourth-order valence-electron chi connectivity index (χ4n) is 2.46. The number of hydrogen-bond donors (Lipinski definition) is 2. The SMILES string of the molecule is Cc1n[nH]c(C)c1S(=O)(=O)N(C)CC(=O)NCCc1ccccc1F. The second-order valence-corrected chi connectivity index (χ2v) is 7.70. The molecule has 0 aliphatic rings. The van der Waals surface area contributed by atoms with Gasteiger partial charge >= 0.3 is 0 Å². The van der Waals surface area contributed by atoms with Crippen LogP contribution >= 0.6 is 0 Å². The van der Waals surface area contributed by atoms with Crippen LogP contribution in [0.15, 0.2) is 29.2 Å². The number of amides is 1. The third-order valence-corrected chi connectivity index (χ3v) is 5.84. The van der Waals surface area contributed by atoms with Gasteiger partial charge in [-0.1, -0.05) is 18.2 Å². The van der Waals surface area contributed by atoms with Crippen molar-refractivity contribution >= 4 is 15.9 Å². The van der Waals surface area contributed by atoms with Crippen LogP contribution in [0, 0.1) is 19.7 Å². The topological polar surface area (TPSA) is 95.2 Å². The number of halogens is 1. The summed E-state index contributed by atoms with van der Waals surface area (Å²) in [5.74, 6) is -0.788. The van der Waals surface area contributed by atoms with E-state index in [1.807, 2.05) is 0 Å². The molecule has 1 heterocycles. The molecule has 9 heteroatoms. The van der Waals surface area contributed by atoms with E-state index in [2.05, 4.69) is 15.5 Å². The van der Waals surface area contributed by atoms with Crippen LogP contribution in [0.2, 0.25) is 0 Å². The predicted molar refractivity (Wildman–Crippen MR) is 91.0 cm³/mol. The zero-order chi connectivity index (χ0) is 18.6. The van der Waals surface area contributed by atoms with Gasteiger partial charge in [0.15, 0.2) is 0 Å². The minimum absolute atomic E-state index is 0.0779. The summed E-state index contributed by atoms with van der Waals surface area (Å²) in [6.07, 6.45) is 0.328. The number of sulfonamides is 1. The normalized spacial score (nSPS) is 11.7. The Morgan fingerprint density at radius 1 is 1.32 bits per heavy atom. The number of aryl methyl sites for hydroxylation is 2. The van der Waals surface area contributed by atoms with Crippen molar-refractivity contribution < 1.29 is 17.6 Å². The van der Waals surface area contributed by atoms with E-state index >= 15 is 0 Å². The molecule has 1 amide bonds. The van der Waals surface area contributed by atoms with Crippen LogP contribution in [0.1, 0.15) is 17.0 Å². The summed E-state index contributed by atoms with van der Waals surface area (Å²) in [6, 6.07) is 6.31. The van der Waals surface area contributed by atoms with Crippen LogP contribution in [0.4, 0.5) is 4.39 Å². The molecule has 2 aromatic rings. The van der Waals surface area contributed by atoms with Gasteiger partial charge in [0.25, 0.3) is 0 Å². The molecule has 0 spiro atoms. The Hall–Kier alpha value is -2.26. The summed E-state index contributed by atoms with van der Waals surface area (Å²) in [6.45, 7) is 3.08. The second-order valence-electron chi connectivity index (χ2n) is 5.72. The third kappa shape index (κ3) is 4.43. The lowest BCUT2D eigenvalue weighted by Gasteiger charge is -2.17. The second kappa shape index (κ2) is 7.75. The molecule has 7 nitrogen and oxygen atoms in total. The molecule has 0 atom stereocenters. The van der Waals surface area contributed by atoms with Crippen LogP contribution in [-0.2, 0) is 21.2 Å². The minimum atomic E-state index is -3.82. The monoisotopic (exact) mass is 368 g/mol.